The zero-order valence-electron chi connectivity index (χ0n) is 23.2. The third-order valence-corrected chi connectivity index (χ3v) is 6.36. The van der Waals surface area contributed by atoms with Crippen molar-refractivity contribution in [1.82, 2.24) is 0 Å². The van der Waals surface area contributed by atoms with Gasteiger partial charge in [-0.15, -0.1) is 0 Å². The van der Waals surface area contributed by atoms with Crippen LogP contribution in [0.5, 0.6) is 17.2 Å². The lowest BCUT2D eigenvalue weighted by Crippen LogP contribution is -2.57. The highest BCUT2D eigenvalue weighted by molar-refractivity contribution is 5.89. The monoisotopic (exact) mass is 584 g/mol. The molecule has 5 atom stereocenters. The van der Waals surface area contributed by atoms with Crippen LogP contribution in [0.25, 0.3) is 22.3 Å². The van der Waals surface area contributed by atoms with Crippen LogP contribution >= 0.6 is 0 Å². The number of rotatable bonds is 6. The third kappa shape index (κ3) is 6.20. The molecule has 1 aliphatic rings. The first kappa shape index (κ1) is 30.1. The molecule has 2 N–H and O–H groups in total. The predicted octanol–water partition coefficient (Wildman–Crippen LogP) is 3.05. The van der Waals surface area contributed by atoms with E-state index >= 15 is 0 Å². The van der Waals surface area contributed by atoms with E-state index in [0.29, 0.717) is 5.56 Å². The molecular formula is C29H28O13. The Labute approximate surface area is 238 Å². The van der Waals surface area contributed by atoms with Gasteiger partial charge in [-0.25, -0.2) is 0 Å². The van der Waals surface area contributed by atoms with Crippen molar-refractivity contribution in [2.24, 2.45) is 0 Å². The van der Waals surface area contributed by atoms with Crippen molar-refractivity contribution in [3.63, 3.8) is 0 Å². The van der Waals surface area contributed by atoms with E-state index < -0.39 is 71.3 Å². The average Bonchev–Trinajstić information content (AvgIpc) is 2.87. The van der Waals surface area contributed by atoms with Crippen LogP contribution < -0.4 is 10.2 Å². The summed E-state index contributed by atoms with van der Waals surface area (Å²) in [7, 11) is 0. The maximum atomic E-state index is 13.2. The van der Waals surface area contributed by atoms with Gasteiger partial charge in [0.15, 0.2) is 29.3 Å². The van der Waals surface area contributed by atoms with Crippen molar-refractivity contribution < 1.29 is 57.5 Å². The fourth-order valence-electron chi connectivity index (χ4n) is 4.84. The number of fused-ring (bicyclic) bond motifs is 1. The highest BCUT2D eigenvalue weighted by Crippen LogP contribution is 2.45. The Morgan fingerprint density at radius 1 is 0.762 bits per heavy atom. The van der Waals surface area contributed by atoms with Gasteiger partial charge in [-0.1, -0.05) is 0 Å². The molecule has 4 rings (SSSR count). The summed E-state index contributed by atoms with van der Waals surface area (Å²) in [6.07, 6.45) is -6.52. The van der Waals surface area contributed by atoms with E-state index in [1.54, 1.807) is 0 Å². The van der Waals surface area contributed by atoms with Crippen molar-refractivity contribution in [3.05, 3.63) is 52.2 Å². The molecule has 13 nitrogen and oxygen atoms in total. The molecular weight excluding hydrogens is 556 g/mol. The van der Waals surface area contributed by atoms with Crippen LogP contribution in [0.4, 0.5) is 0 Å². The fourth-order valence-corrected chi connectivity index (χ4v) is 4.84. The second-order valence-corrected chi connectivity index (χ2v) is 9.61. The topological polar surface area (TPSA) is 185 Å². The highest BCUT2D eigenvalue weighted by atomic mass is 16.6. The van der Waals surface area contributed by atoms with E-state index in [0.717, 1.165) is 32.9 Å². The lowest BCUT2D eigenvalue weighted by atomic mass is 9.89. The van der Waals surface area contributed by atoms with Crippen LogP contribution in [0.3, 0.4) is 0 Å². The Hall–Kier alpha value is -4.91. The number of esters is 4. The number of carbonyl (C=O) groups excluding carboxylic acids is 4. The predicted molar refractivity (Wildman–Crippen MR) is 143 cm³/mol. The van der Waals surface area contributed by atoms with E-state index in [4.69, 9.17) is 28.1 Å². The molecule has 0 amide bonds. The lowest BCUT2D eigenvalue weighted by molar-refractivity contribution is -0.245. The number of benzene rings is 2. The SMILES string of the molecule is CC(=O)Oc1ccc(-c2cc(=O)c3c(O)cc(O)c([C@@H]4O[C@H](C)[C@@H](OC(C)=O)[C@H](OC(C)=O)[C@H]4OC(C)=O)c3o2)cc1. The van der Waals surface area contributed by atoms with E-state index in [9.17, 15) is 34.2 Å². The number of hydrogen-bond donors (Lipinski definition) is 2. The second-order valence-electron chi connectivity index (χ2n) is 9.61. The summed E-state index contributed by atoms with van der Waals surface area (Å²) in [6, 6.07) is 8.01. The Balaban J connectivity index is 1.93. The second kappa shape index (κ2) is 11.9. The van der Waals surface area contributed by atoms with Gasteiger partial charge in [-0.05, 0) is 31.2 Å². The number of hydrogen-bond acceptors (Lipinski definition) is 13. The maximum Gasteiger partial charge on any atom is 0.308 e. The van der Waals surface area contributed by atoms with Crippen molar-refractivity contribution >= 4 is 34.8 Å². The fraction of sp³-hybridized carbons (Fsp3) is 0.345. The molecule has 1 aromatic heterocycles. The normalized spacial score (nSPS) is 21.8. The number of phenolic OH excluding ortho intramolecular Hbond substituents is 2. The molecule has 222 valence electrons. The first-order valence-electron chi connectivity index (χ1n) is 12.8. The van der Waals surface area contributed by atoms with Gasteiger partial charge < -0.3 is 38.3 Å². The standard InChI is InChI=1S/C29H28O13/c1-12-25(39-14(3)31)28(40-15(4)32)29(41-16(5)33)27(37-12)24-20(35)10-19(34)23-21(36)11-22(42-26(23)24)17-6-8-18(9-7-17)38-13(2)30/h6-12,25,27-29,34-35H,1-5H3/t12-,25-,27+,28+,29+/m1/s1. The van der Waals surface area contributed by atoms with E-state index in [-0.39, 0.29) is 28.0 Å². The number of aromatic hydroxyl groups is 2. The number of phenols is 2. The first-order valence-corrected chi connectivity index (χ1v) is 12.8. The van der Waals surface area contributed by atoms with Crippen LogP contribution in [-0.4, -0.2) is 58.5 Å². The van der Waals surface area contributed by atoms with Gasteiger partial charge in [-0.2, -0.15) is 0 Å². The summed E-state index contributed by atoms with van der Waals surface area (Å²) in [5.74, 6) is -3.78. The van der Waals surface area contributed by atoms with Gasteiger partial charge in [0.25, 0.3) is 0 Å². The molecule has 3 aromatic rings. The molecule has 42 heavy (non-hydrogen) atoms. The van der Waals surface area contributed by atoms with Crippen molar-refractivity contribution in [3.8, 4) is 28.6 Å². The van der Waals surface area contributed by atoms with Crippen LogP contribution in [0.1, 0.15) is 46.3 Å². The van der Waals surface area contributed by atoms with E-state index in [1.807, 2.05) is 0 Å². The van der Waals surface area contributed by atoms with Crippen LogP contribution in [-0.2, 0) is 38.1 Å². The Morgan fingerprint density at radius 2 is 1.33 bits per heavy atom. The molecule has 0 saturated carbocycles. The van der Waals surface area contributed by atoms with Gasteiger partial charge in [-0.3, -0.25) is 24.0 Å². The quantitative estimate of drug-likeness (QED) is 0.245. The van der Waals surface area contributed by atoms with Crippen LogP contribution in [0, 0.1) is 0 Å². The third-order valence-electron chi connectivity index (χ3n) is 6.36. The zero-order valence-corrected chi connectivity index (χ0v) is 23.2. The summed E-state index contributed by atoms with van der Waals surface area (Å²) < 4.78 is 33.4. The zero-order chi connectivity index (χ0) is 30.9. The van der Waals surface area contributed by atoms with Gasteiger partial charge >= 0.3 is 23.9 Å². The number of ether oxygens (including phenoxy) is 5. The minimum absolute atomic E-state index is 0.00958. The Bertz CT molecular complexity index is 1600. The summed E-state index contributed by atoms with van der Waals surface area (Å²) in [6.45, 7) is 6.09. The minimum atomic E-state index is -1.50. The van der Waals surface area contributed by atoms with Gasteiger partial charge in [0.05, 0.1) is 11.7 Å². The molecule has 0 unspecified atom stereocenters. The van der Waals surface area contributed by atoms with Crippen molar-refractivity contribution in [1.29, 1.82) is 0 Å². The van der Waals surface area contributed by atoms with Gasteiger partial charge in [0.2, 0.25) is 0 Å². The smallest absolute Gasteiger partial charge is 0.308 e. The van der Waals surface area contributed by atoms with Crippen LogP contribution in [0.15, 0.2) is 45.6 Å². The van der Waals surface area contributed by atoms with Gasteiger partial charge in [0, 0.05) is 45.4 Å². The lowest BCUT2D eigenvalue weighted by Gasteiger charge is -2.44. The molecule has 0 aliphatic carbocycles. The maximum absolute atomic E-state index is 13.2. The summed E-state index contributed by atoms with van der Waals surface area (Å²) >= 11 is 0. The summed E-state index contributed by atoms with van der Waals surface area (Å²) in [4.78, 5) is 60.6. The highest BCUT2D eigenvalue weighted by Gasteiger charge is 2.52. The first-order chi connectivity index (χ1) is 19.8. The van der Waals surface area contributed by atoms with Crippen molar-refractivity contribution in [2.75, 3.05) is 0 Å². The summed E-state index contributed by atoms with van der Waals surface area (Å²) in [5.41, 5.74) is -0.812. The van der Waals surface area contributed by atoms with Crippen molar-refractivity contribution in [2.45, 2.75) is 65.1 Å². The molecule has 1 aliphatic heterocycles. The largest absolute Gasteiger partial charge is 0.507 e. The molecule has 13 heteroatoms. The Kier molecular flexibility index (Phi) is 8.52. The minimum Gasteiger partial charge on any atom is -0.507 e. The van der Waals surface area contributed by atoms with Gasteiger partial charge in [0.1, 0.15) is 34.5 Å². The van der Waals surface area contributed by atoms with E-state index in [1.165, 1.54) is 38.1 Å². The Morgan fingerprint density at radius 3 is 1.90 bits per heavy atom. The average molecular weight is 585 g/mol. The molecule has 0 radical (unpaired) electrons. The molecule has 2 aromatic carbocycles. The molecule has 0 spiro atoms. The molecule has 0 bridgehead atoms. The number of carbonyl (C=O) groups is 4. The molecule has 1 fully saturated rings. The summed E-state index contributed by atoms with van der Waals surface area (Å²) in [5, 5.41) is 21.3. The molecule has 1 saturated heterocycles. The molecule has 2 heterocycles. The van der Waals surface area contributed by atoms with E-state index in [2.05, 4.69) is 0 Å². The van der Waals surface area contributed by atoms with Crippen LogP contribution in [0.2, 0.25) is 0 Å².